The molecule has 0 fully saturated rings. The molecule has 3 heterocycles. The molecular formula is C21H16F6N4O2. The minimum Gasteiger partial charge on any atom is -0.452 e. The molecule has 0 aliphatic carbocycles. The van der Waals surface area contributed by atoms with Gasteiger partial charge in [-0.15, -0.1) is 0 Å². The zero-order valence-electron chi connectivity index (χ0n) is 16.9. The van der Waals surface area contributed by atoms with E-state index in [-0.39, 0.29) is 28.3 Å². The van der Waals surface area contributed by atoms with Crippen LogP contribution in [0.4, 0.5) is 26.3 Å². The summed E-state index contributed by atoms with van der Waals surface area (Å²) in [5.74, 6) is -0.679. The molecule has 2 aromatic heterocycles. The number of rotatable bonds is 4. The number of hydrogen-bond acceptors (Lipinski definition) is 6. The first-order chi connectivity index (χ1) is 15.5. The Morgan fingerprint density at radius 2 is 1.88 bits per heavy atom. The molecule has 0 bridgehead atoms. The molecule has 1 aliphatic rings. The van der Waals surface area contributed by atoms with Gasteiger partial charge in [0.1, 0.15) is 17.2 Å². The Morgan fingerprint density at radius 3 is 2.58 bits per heavy atom. The Balaban J connectivity index is 1.70. The van der Waals surface area contributed by atoms with Gasteiger partial charge < -0.3 is 15.0 Å². The highest BCUT2D eigenvalue weighted by Crippen LogP contribution is 2.42. The maximum atomic E-state index is 14.7. The van der Waals surface area contributed by atoms with E-state index in [0.29, 0.717) is 0 Å². The molecule has 0 amide bonds. The van der Waals surface area contributed by atoms with Crippen LogP contribution < -0.4 is 5.73 Å². The number of hydrogen-bond donors (Lipinski definition) is 1. The average Bonchev–Trinajstić information content (AvgIpc) is 3.23. The number of aromatic nitrogens is 2. The van der Waals surface area contributed by atoms with E-state index in [4.69, 9.17) is 10.3 Å². The van der Waals surface area contributed by atoms with Gasteiger partial charge in [0, 0.05) is 23.6 Å². The summed E-state index contributed by atoms with van der Waals surface area (Å²) < 4.78 is 90.1. The van der Waals surface area contributed by atoms with Crippen LogP contribution in [0.15, 0.2) is 52.0 Å². The molecule has 174 valence electrons. The Bertz CT molecular complexity index is 1210. The van der Waals surface area contributed by atoms with Crippen molar-refractivity contribution in [2.24, 2.45) is 10.7 Å². The minimum absolute atomic E-state index is 0.121. The number of pyridine rings is 1. The van der Waals surface area contributed by atoms with E-state index >= 15 is 0 Å². The molecule has 2 atom stereocenters. The summed E-state index contributed by atoms with van der Waals surface area (Å²) in [5, 5.41) is 3.81. The lowest BCUT2D eigenvalue weighted by molar-refractivity contribution is -0.208. The predicted molar refractivity (Wildman–Crippen MR) is 105 cm³/mol. The van der Waals surface area contributed by atoms with Crippen molar-refractivity contribution in [2.75, 3.05) is 0 Å². The molecule has 0 saturated heterocycles. The maximum absolute atomic E-state index is 14.7. The third-order valence-corrected chi connectivity index (χ3v) is 5.17. The van der Waals surface area contributed by atoms with Gasteiger partial charge in [-0.1, -0.05) is 11.2 Å². The van der Waals surface area contributed by atoms with Crippen molar-refractivity contribution in [3.63, 3.8) is 0 Å². The lowest BCUT2D eigenvalue weighted by atomic mass is 9.84. The Labute approximate surface area is 183 Å². The van der Waals surface area contributed by atoms with Crippen molar-refractivity contribution < 1.29 is 35.6 Å². The molecule has 0 saturated carbocycles. The van der Waals surface area contributed by atoms with Crippen molar-refractivity contribution in [2.45, 2.75) is 37.6 Å². The zero-order valence-corrected chi connectivity index (χ0v) is 16.9. The minimum atomic E-state index is -4.73. The van der Waals surface area contributed by atoms with Crippen molar-refractivity contribution >= 4 is 6.02 Å². The number of halogens is 6. The fourth-order valence-electron chi connectivity index (χ4n) is 3.56. The second-order valence-corrected chi connectivity index (χ2v) is 7.60. The van der Waals surface area contributed by atoms with Gasteiger partial charge in [0.25, 0.3) is 12.4 Å². The van der Waals surface area contributed by atoms with Crippen LogP contribution in [-0.2, 0) is 10.3 Å². The molecule has 33 heavy (non-hydrogen) atoms. The number of benzene rings is 1. The lowest BCUT2D eigenvalue weighted by Gasteiger charge is -2.36. The lowest BCUT2D eigenvalue weighted by Crippen LogP contribution is -2.46. The molecule has 2 N–H and O–H groups in total. The number of aliphatic imine (C=N–C) groups is 1. The summed E-state index contributed by atoms with van der Waals surface area (Å²) in [6.45, 7) is 1.31. The third kappa shape index (κ3) is 4.50. The third-order valence-electron chi connectivity index (χ3n) is 5.17. The van der Waals surface area contributed by atoms with E-state index in [0.717, 1.165) is 12.1 Å². The Hall–Kier alpha value is -3.57. The second kappa shape index (κ2) is 8.09. The summed E-state index contributed by atoms with van der Waals surface area (Å²) in [7, 11) is 0. The van der Waals surface area contributed by atoms with Crippen molar-refractivity contribution in [1.82, 2.24) is 10.1 Å². The summed E-state index contributed by atoms with van der Waals surface area (Å²) in [4.78, 5) is 7.75. The van der Waals surface area contributed by atoms with Gasteiger partial charge in [-0.25, -0.2) is 23.1 Å². The first-order valence-corrected chi connectivity index (χ1v) is 9.57. The van der Waals surface area contributed by atoms with Crippen LogP contribution in [-0.4, -0.2) is 28.4 Å². The zero-order chi connectivity index (χ0) is 24.0. The van der Waals surface area contributed by atoms with Crippen LogP contribution in [0.2, 0.25) is 0 Å². The molecule has 1 aliphatic heterocycles. The maximum Gasteiger partial charge on any atom is 0.425 e. The van der Waals surface area contributed by atoms with Crippen molar-refractivity contribution in [1.29, 1.82) is 0 Å². The van der Waals surface area contributed by atoms with Gasteiger partial charge in [0.15, 0.2) is 11.9 Å². The molecule has 4 rings (SSSR count). The van der Waals surface area contributed by atoms with E-state index in [1.54, 1.807) is 0 Å². The number of amidine groups is 1. The van der Waals surface area contributed by atoms with Gasteiger partial charge in [-0.3, -0.25) is 0 Å². The van der Waals surface area contributed by atoms with Crippen LogP contribution in [0.25, 0.3) is 22.7 Å². The SMILES string of the molecule is C[C@@]1(c2cc(-c3cc(-c4cccc(C(F)F)n4)no3)ccc2F)C[C@@H](C(F)(F)F)OC(N)=N1. The first-order valence-electron chi connectivity index (χ1n) is 9.57. The quantitative estimate of drug-likeness (QED) is 0.519. The molecule has 3 aromatic rings. The molecule has 0 unspecified atom stereocenters. The van der Waals surface area contributed by atoms with Crippen LogP contribution in [0.5, 0.6) is 0 Å². The van der Waals surface area contributed by atoms with E-state index in [2.05, 4.69) is 19.9 Å². The predicted octanol–water partition coefficient (Wildman–Crippen LogP) is 5.36. The summed E-state index contributed by atoms with van der Waals surface area (Å²) >= 11 is 0. The first kappa shape index (κ1) is 22.6. The van der Waals surface area contributed by atoms with Gasteiger partial charge in [0.05, 0.1) is 11.2 Å². The van der Waals surface area contributed by atoms with Gasteiger partial charge in [-0.2, -0.15) is 13.2 Å². The molecule has 0 radical (unpaired) electrons. The van der Waals surface area contributed by atoms with E-state index in [9.17, 15) is 26.3 Å². The van der Waals surface area contributed by atoms with Crippen molar-refractivity contribution in [3.8, 4) is 22.7 Å². The van der Waals surface area contributed by atoms with E-state index in [1.807, 2.05) is 0 Å². The second-order valence-electron chi connectivity index (χ2n) is 7.60. The number of alkyl halides is 5. The fourth-order valence-corrected chi connectivity index (χ4v) is 3.56. The molecule has 6 nitrogen and oxygen atoms in total. The smallest absolute Gasteiger partial charge is 0.425 e. The van der Waals surface area contributed by atoms with Crippen LogP contribution in [0.1, 0.15) is 31.0 Å². The van der Waals surface area contributed by atoms with Crippen molar-refractivity contribution in [3.05, 3.63) is 59.5 Å². The van der Waals surface area contributed by atoms with E-state index < -0.39 is 48.2 Å². The average molecular weight is 470 g/mol. The summed E-state index contributed by atoms with van der Waals surface area (Å²) in [6, 6.07) is 8.37. The summed E-state index contributed by atoms with van der Waals surface area (Å²) in [5.41, 5.74) is 3.74. The normalized spacial score (nSPS) is 21.1. The Morgan fingerprint density at radius 1 is 1.12 bits per heavy atom. The molecule has 1 aromatic carbocycles. The number of ether oxygens (including phenoxy) is 1. The number of nitrogens with two attached hydrogens (primary N) is 1. The molecule has 0 spiro atoms. The standard InChI is InChI=1S/C21H16F6N4O2/c1-20(9-17(21(25,26)27)32-19(28)30-20)11-7-10(5-6-12(11)22)16-8-15(31-33-16)13-3-2-4-14(29-13)18(23)24/h2-8,17-18H,9H2,1H3,(H2,28,30)/t17-,20-/m0/s1. The van der Waals surface area contributed by atoms with Crippen LogP contribution in [0, 0.1) is 5.82 Å². The molecular weight excluding hydrogens is 454 g/mol. The summed E-state index contributed by atoms with van der Waals surface area (Å²) in [6.07, 6.45) is -10.4. The molecule has 12 heteroatoms. The van der Waals surface area contributed by atoms with Gasteiger partial charge in [-0.05, 0) is 37.3 Å². The van der Waals surface area contributed by atoms with Gasteiger partial charge >= 0.3 is 6.18 Å². The highest BCUT2D eigenvalue weighted by molar-refractivity contribution is 5.73. The van der Waals surface area contributed by atoms with Crippen LogP contribution >= 0.6 is 0 Å². The fraction of sp³-hybridized carbons (Fsp3) is 0.286. The highest BCUT2D eigenvalue weighted by atomic mass is 19.4. The monoisotopic (exact) mass is 470 g/mol. The highest BCUT2D eigenvalue weighted by Gasteiger charge is 2.50. The topological polar surface area (TPSA) is 86.5 Å². The Kier molecular flexibility index (Phi) is 5.54. The largest absolute Gasteiger partial charge is 0.452 e. The van der Waals surface area contributed by atoms with Gasteiger partial charge in [0.2, 0.25) is 0 Å². The number of nitrogens with zero attached hydrogens (tertiary/aromatic N) is 3. The van der Waals surface area contributed by atoms with Crippen LogP contribution in [0.3, 0.4) is 0 Å². The van der Waals surface area contributed by atoms with E-state index in [1.165, 1.54) is 37.3 Å².